The number of alkyl halides is 1. The van der Waals surface area contributed by atoms with Gasteiger partial charge in [-0.25, -0.2) is 14.4 Å². The number of hydrogen-bond acceptors (Lipinski definition) is 8. The summed E-state index contributed by atoms with van der Waals surface area (Å²) >= 11 is 0. The van der Waals surface area contributed by atoms with E-state index in [0.29, 0.717) is 33.9 Å². The fourth-order valence-corrected chi connectivity index (χ4v) is 5.08. The van der Waals surface area contributed by atoms with Gasteiger partial charge >= 0.3 is 0 Å². The molecule has 40 heavy (non-hydrogen) atoms. The highest BCUT2D eigenvalue weighted by atomic mass is 19.1. The average Bonchev–Trinajstić information content (AvgIpc) is 3.50. The van der Waals surface area contributed by atoms with E-state index in [-0.39, 0.29) is 43.2 Å². The van der Waals surface area contributed by atoms with Crippen molar-refractivity contribution in [2.75, 3.05) is 13.7 Å². The Balaban J connectivity index is 1.39. The molecule has 0 saturated carbocycles. The van der Waals surface area contributed by atoms with Gasteiger partial charge in [0.05, 0.1) is 37.3 Å². The Hall–Kier alpha value is -4.54. The third kappa shape index (κ3) is 5.31. The first kappa shape index (κ1) is 27.0. The van der Waals surface area contributed by atoms with E-state index in [9.17, 15) is 18.8 Å². The second-order valence-electron chi connectivity index (χ2n) is 9.94. The summed E-state index contributed by atoms with van der Waals surface area (Å²) in [7, 11) is 1.54. The number of ether oxygens (including phenoxy) is 1. The maximum Gasteiger partial charge on any atom is 0.245 e. The summed E-state index contributed by atoms with van der Waals surface area (Å²) in [5.41, 5.74) is 3.54. The molecule has 1 saturated heterocycles. The van der Waals surface area contributed by atoms with E-state index < -0.39 is 18.1 Å². The third-order valence-corrected chi connectivity index (χ3v) is 7.10. The standard InChI is InChI=1S/C29H29FN6O4/c1-16-27(40-4)8-6-22(33-16)11-26(38)25-10-21(30)14-35(25)28(39)15-36-24-7-5-19(20-12-31-18(3)32-13-20)9-23(24)29(34-36)17(2)37/h5-9,12-13,21,25H,10-11,14-15H2,1-4H3/t21-,25+/m1/s1. The fourth-order valence-electron chi connectivity index (χ4n) is 5.08. The number of carbonyl (C=O) groups is 3. The Morgan fingerprint density at radius 3 is 2.50 bits per heavy atom. The number of amides is 1. The summed E-state index contributed by atoms with van der Waals surface area (Å²) in [5.74, 6) is 0.255. The Kier molecular flexibility index (Phi) is 7.38. The summed E-state index contributed by atoms with van der Waals surface area (Å²) in [4.78, 5) is 53.2. The average molecular weight is 545 g/mol. The van der Waals surface area contributed by atoms with E-state index in [4.69, 9.17) is 4.74 Å². The molecule has 0 N–H and O–H groups in total. The number of benzene rings is 1. The fraction of sp³-hybridized carbons (Fsp3) is 0.345. The van der Waals surface area contributed by atoms with Crippen LogP contribution in [0.4, 0.5) is 4.39 Å². The van der Waals surface area contributed by atoms with E-state index in [1.165, 1.54) is 16.5 Å². The van der Waals surface area contributed by atoms with E-state index >= 15 is 0 Å². The minimum Gasteiger partial charge on any atom is -0.495 e. The molecule has 206 valence electrons. The predicted octanol–water partition coefficient (Wildman–Crippen LogP) is 3.47. The van der Waals surface area contributed by atoms with Crippen LogP contribution in [-0.2, 0) is 22.6 Å². The molecule has 0 spiro atoms. The van der Waals surface area contributed by atoms with Crippen LogP contribution in [0.15, 0.2) is 42.7 Å². The number of aromatic nitrogens is 5. The van der Waals surface area contributed by atoms with Crippen LogP contribution in [0.3, 0.4) is 0 Å². The molecule has 2 atom stereocenters. The number of Topliss-reactive ketones (excluding diaryl/α,β-unsaturated/α-hetero) is 2. The van der Waals surface area contributed by atoms with E-state index in [0.717, 1.165) is 11.1 Å². The van der Waals surface area contributed by atoms with Gasteiger partial charge < -0.3 is 9.64 Å². The normalized spacial score (nSPS) is 16.9. The van der Waals surface area contributed by atoms with Crippen molar-refractivity contribution in [1.82, 2.24) is 29.6 Å². The van der Waals surface area contributed by atoms with Crippen molar-refractivity contribution in [2.24, 2.45) is 0 Å². The van der Waals surface area contributed by atoms with Crippen LogP contribution in [0.5, 0.6) is 5.75 Å². The van der Waals surface area contributed by atoms with E-state index in [1.807, 2.05) is 12.1 Å². The van der Waals surface area contributed by atoms with Crippen molar-refractivity contribution in [3.05, 3.63) is 65.6 Å². The van der Waals surface area contributed by atoms with Gasteiger partial charge in [-0.15, -0.1) is 0 Å². The van der Waals surface area contributed by atoms with Crippen molar-refractivity contribution in [3.8, 4) is 16.9 Å². The van der Waals surface area contributed by atoms with Crippen LogP contribution in [0.1, 0.15) is 41.0 Å². The number of rotatable bonds is 8. The second-order valence-corrected chi connectivity index (χ2v) is 9.94. The summed E-state index contributed by atoms with van der Waals surface area (Å²) in [6.07, 6.45) is 1.98. The Morgan fingerprint density at radius 2 is 1.82 bits per heavy atom. The first-order valence-electron chi connectivity index (χ1n) is 12.9. The number of likely N-dealkylation sites (tertiary alicyclic amines) is 1. The number of nitrogens with zero attached hydrogens (tertiary/aromatic N) is 6. The molecular weight excluding hydrogens is 515 g/mol. The van der Waals surface area contributed by atoms with Gasteiger partial charge in [0.2, 0.25) is 5.91 Å². The molecule has 1 aromatic carbocycles. The van der Waals surface area contributed by atoms with Gasteiger partial charge in [-0.05, 0) is 43.7 Å². The molecule has 0 bridgehead atoms. The van der Waals surface area contributed by atoms with Crippen LogP contribution < -0.4 is 4.74 Å². The maximum atomic E-state index is 14.5. The zero-order valence-corrected chi connectivity index (χ0v) is 22.7. The smallest absolute Gasteiger partial charge is 0.245 e. The van der Waals surface area contributed by atoms with Crippen molar-refractivity contribution in [1.29, 1.82) is 0 Å². The van der Waals surface area contributed by atoms with Crippen molar-refractivity contribution < 1.29 is 23.5 Å². The van der Waals surface area contributed by atoms with Gasteiger partial charge in [-0.1, -0.05) is 6.07 Å². The van der Waals surface area contributed by atoms with Crippen molar-refractivity contribution in [2.45, 2.75) is 52.4 Å². The van der Waals surface area contributed by atoms with Crippen molar-refractivity contribution >= 4 is 28.4 Å². The molecule has 0 aliphatic carbocycles. The van der Waals surface area contributed by atoms with E-state index in [1.54, 1.807) is 51.6 Å². The zero-order chi connectivity index (χ0) is 28.6. The Morgan fingerprint density at radius 1 is 1.07 bits per heavy atom. The lowest BCUT2D eigenvalue weighted by Crippen LogP contribution is -2.43. The monoisotopic (exact) mass is 544 g/mol. The SMILES string of the molecule is COc1ccc(CC(=O)[C@@H]2C[C@@H](F)CN2C(=O)Cn2nc(C(C)=O)c3cc(-c4cnc(C)nc4)ccc32)nc1C. The van der Waals surface area contributed by atoms with Gasteiger partial charge in [-0.2, -0.15) is 5.10 Å². The number of carbonyl (C=O) groups excluding carboxylic acids is 3. The van der Waals surface area contributed by atoms with Crippen LogP contribution in [0, 0.1) is 13.8 Å². The number of halogens is 1. The molecule has 3 aromatic heterocycles. The highest BCUT2D eigenvalue weighted by molar-refractivity contribution is 6.06. The largest absolute Gasteiger partial charge is 0.495 e. The van der Waals surface area contributed by atoms with Gasteiger partial charge in [0.25, 0.3) is 0 Å². The molecular formula is C29H29FN6O4. The number of fused-ring (bicyclic) bond motifs is 1. The predicted molar refractivity (Wildman–Crippen MR) is 145 cm³/mol. The highest BCUT2D eigenvalue weighted by Gasteiger charge is 2.39. The quantitative estimate of drug-likeness (QED) is 0.309. The third-order valence-electron chi connectivity index (χ3n) is 7.10. The molecule has 1 fully saturated rings. The van der Waals surface area contributed by atoms with Crippen LogP contribution in [0.25, 0.3) is 22.0 Å². The zero-order valence-electron chi connectivity index (χ0n) is 22.7. The number of aryl methyl sites for hydroxylation is 2. The molecule has 11 heteroatoms. The molecule has 4 heterocycles. The van der Waals surface area contributed by atoms with Gasteiger partial charge in [-0.3, -0.25) is 24.0 Å². The molecule has 0 radical (unpaired) electrons. The van der Waals surface area contributed by atoms with Crippen LogP contribution >= 0.6 is 0 Å². The van der Waals surface area contributed by atoms with Gasteiger partial charge in [0.15, 0.2) is 11.6 Å². The first-order valence-corrected chi connectivity index (χ1v) is 12.9. The summed E-state index contributed by atoms with van der Waals surface area (Å²) < 4.78 is 21.2. The highest BCUT2D eigenvalue weighted by Crippen LogP contribution is 2.28. The summed E-state index contributed by atoms with van der Waals surface area (Å²) in [6.45, 7) is 4.56. The molecule has 1 aliphatic rings. The molecule has 5 rings (SSSR count). The lowest BCUT2D eigenvalue weighted by Gasteiger charge is -2.23. The lowest BCUT2D eigenvalue weighted by atomic mass is 10.0. The minimum atomic E-state index is -1.31. The molecule has 0 unspecified atom stereocenters. The number of methoxy groups -OCH3 is 1. The molecule has 10 nitrogen and oxygen atoms in total. The van der Waals surface area contributed by atoms with Crippen LogP contribution in [-0.4, -0.2) is 73.0 Å². The lowest BCUT2D eigenvalue weighted by molar-refractivity contribution is -0.138. The van der Waals surface area contributed by atoms with Gasteiger partial charge in [0, 0.05) is 42.4 Å². The summed E-state index contributed by atoms with van der Waals surface area (Å²) in [5, 5.41) is 5.00. The minimum absolute atomic E-state index is 0.0311. The van der Waals surface area contributed by atoms with Crippen LogP contribution in [0.2, 0.25) is 0 Å². The first-order chi connectivity index (χ1) is 19.1. The Labute approximate surface area is 230 Å². The number of pyridine rings is 1. The molecule has 4 aromatic rings. The maximum absolute atomic E-state index is 14.5. The van der Waals surface area contributed by atoms with E-state index in [2.05, 4.69) is 20.1 Å². The number of hydrogen-bond donors (Lipinski definition) is 0. The Bertz CT molecular complexity index is 1620. The second kappa shape index (κ2) is 10.9. The summed E-state index contributed by atoms with van der Waals surface area (Å²) in [6, 6.07) is 7.94. The topological polar surface area (TPSA) is 120 Å². The number of ketones is 2. The van der Waals surface area contributed by atoms with Gasteiger partial charge in [0.1, 0.15) is 30.0 Å². The molecule has 1 aliphatic heterocycles. The van der Waals surface area contributed by atoms with Crippen molar-refractivity contribution in [3.63, 3.8) is 0 Å². The molecule has 1 amide bonds.